The lowest BCUT2D eigenvalue weighted by atomic mass is 10.0. The van der Waals surface area contributed by atoms with E-state index < -0.39 is 20.7 Å². The summed E-state index contributed by atoms with van der Waals surface area (Å²) in [6.07, 6.45) is 3.22. The van der Waals surface area contributed by atoms with Gasteiger partial charge in [0.05, 0.1) is 37.5 Å². The van der Waals surface area contributed by atoms with Crippen LogP contribution in [0.25, 0.3) is 0 Å². The molecule has 0 radical (unpaired) electrons. The van der Waals surface area contributed by atoms with Gasteiger partial charge in [0, 0.05) is 28.9 Å². The lowest BCUT2D eigenvalue weighted by Gasteiger charge is -2.25. The van der Waals surface area contributed by atoms with E-state index in [-0.39, 0.29) is 29.1 Å². The van der Waals surface area contributed by atoms with Crippen molar-refractivity contribution in [2.24, 2.45) is 0 Å². The topological polar surface area (TPSA) is 93.7 Å². The van der Waals surface area contributed by atoms with Crippen LogP contribution in [0.1, 0.15) is 30.5 Å². The number of nitrogens with zero attached hydrogens (tertiary/aromatic N) is 3. The number of benzene rings is 3. The van der Waals surface area contributed by atoms with Crippen LogP contribution in [-0.2, 0) is 16.6 Å². The lowest BCUT2D eigenvalue weighted by Crippen LogP contribution is -2.32. The monoisotopic (exact) mass is 604 g/mol. The summed E-state index contributed by atoms with van der Waals surface area (Å²) >= 11 is 12.9. The van der Waals surface area contributed by atoms with E-state index in [0.29, 0.717) is 28.5 Å². The molecule has 0 amide bonds. The fourth-order valence-electron chi connectivity index (χ4n) is 4.16. The van der Waals surface area contributed by atoms with Gasteiger partial charge in [0.1, 0.15) is 34.4 Å². The second-order valence-electron chi connectivity index (χ2n) is 8.65. The van der Waals surface area contributed by atoms with Gasteiger partial charge in [-0.15, -0.1) is 0 Å². The van der Waals surface area contributed by atoms with E-state index in [1.165, 1.54) is 32.8 Å². The minimum absolute atomic E-state index is 0.0233. The Hall–Kier alpha value is -3.60. The first kappa shape index (κ1) is 29.4. The van der Waals surface area contributed by atoms with Crippen molar-refractivity contribution in [3.63, 3.8) is 0 Å². The van der Waals surface area contributed by atoms with Gasteiger partial charge in [0.25, 0.3) is 10.0 Å². The molecule has 4 aromatic rings. The van der Waals surface area contributed by atoms with Crippen LogP contribution in [0.3, 0.4) is 0 Å². The van der Waals surface area contributed by atoms with Crippen molar-refractivity contribution < 1.29 is 22.3 Å². The third-order valence-electron chi connectivity index (χ3n) is 6.24. The third-order valence-corrected chi connectivity index (χ3v) is 8.66. The molecule has 0 fully saturated rings. The Labute approximate surface area is 242 Å². The number of anilines is 2. The first-order valence-electron chi connectivity index (χ1n) is 12.2. The average molecular weight is 606 g/mol. The normalized spacial score (nSPS) is 12.1. The third kappa shape index (κ3) is 6.24. The maximum atomic E-state index is 15.6. The predicted octanol–water partition coefficient (Wildman–Crippen LogP) is 6.90. The molecule has 1 atom stereocenters. The molecule has 0 saturated carbocycles. The summed E-state index contributed by atoms with van der Waals surface area (Å²) in [4.78, 5) is 7.37. The summed E-state index contributed by atoms with van der Waals surface area (Å²) in [5, 5.41) is 3.76. The first-order chi connectivity index (χ1) is 19.2. The molecule has 0 bridgehead atoms. The van der Waals surface area contributed by atoms with Gasteiger partial charge < -0.3 is 14.8 Å². The molecule has 0 spiro atoms. The highest BCUT2D eigenvalue weighted by atomic mass is 35.5. The molecule has 12 heteroatoms. The number of halogens is 3. The van der Waals surface area contributed by atoms with Crippen LogP contribution < -0.4 is 19.1 Å². The molecule has 8 nitrogen and oxygen atoms in total. The van der Waals surface area contributed by atoms with Crippen LogP contribution in [0.15, 0.2) is 78.1 Å². The van der Waals surface area contributed by atoms with Crippen LogP contribution in [0.4, 0.5) is 15.9 Å². The van der Waals surface area contributed by atoms with E-state index in [2.05, 4.69) is 15.3 Å². The van der Waals surface area contributed by atoms with Gasteiger partial charge in [-0.1, -0.05) is 48.3 Å². The summed E-state index contributed by atoms with van der Waals surface area (Å²) in [5.41, 5.74) is 1.54. The van der Waals surface area contributed by atoms with Gasteiger partial charge in [0.15, 0.2) is 0 Å². The molecule has 0 aliphatic rings. The first-order valence-corrected chi connectivity index (χ1v) is 14.4. The summed E-state index contributed by atoms with van der Waals surface area (Å²) in [6.45, 7) is 1.73. The molecule has 4 rings (SSSR count). The largest absolute Gasteiger partial charge is 0.497 e. The van der Waals surface area contributed by atoms with Gasteiger partial charge in [-0.3, -0.25) is 0 Å². The van der Waals surface area contributed by atoms with Crippen molar-refractivity contribution in [1.82, 2.24) is 9.97 Å². The molecule has 0 aliphatic carbocycles. The Kier molecular flexibility index (Phi) is 9.34. The van der Waals surface area contributed by atoms with Crippen molar-refractivity contribution in [1.29, 1.82) is 0 Å². The molecule has 1 N–H and O–H groups in total. The smallest absolute Gasteiger partial charge is 0.268 e. The highest BCUT2D eigenvalue weighted by Crippen LogP contribution is 2.36. The van der Waals surface area contributed by atoms with Gasteiger partial charge in [-0.2, -0.15) is 0 Å². The molecule has 3 aromatic carbocycles. The van der Waals surface area contributed by atoms with E-state index in [4.69, 9.17) is 32.7 Å². The van der Waals surface area contributed by atoms with Crippen molar-refractivity contribution in [3.05, 3.63) is 100 Å². The minimum Gasteiger partial charge on any atom is -0.497 e. The maximum Gasteiger partial charge on any atom is 0.268 e. The Morgan fingerprint density at radius 3 is 2.45 bits per heavy atom. The van der Waals surface area contributed by atoms with Crippen molar-refractivity contribution >= 4 is 44.7 Å². The number of hydrogen-bond donors (Lipinski definition) is 1. The molecule has 0 aliphatic heterocycles. The number of rotatable bonds is 11. The van der Waals surface area contributed by atoms with Crippen molar-refractivity contribution in [2.75, 3.05) is 23.8 Å². The fourth-order valence-corrected chi connectivity index (χ4v) is 6.18. The van der Waals surface area contributed by atoms with Crippen LogP contribution in [0.2, 0.25) is 10.0 Å². The average Bonchev–Trinajstić information content (AvgIpc) is 2.96. The van der Waals surface area contributed by atoms with Gasteiger partial charge in [-0.25, -0.2) is 27.1 Å². The van der Waals surface area contributed by atoms with Gasteiger partial charge in [0.2, 0.25) is 0 Å². The molecule has 40 heavy (non-hydrogen) atoms. The zero-order chi connectivity index (χ0) is 28.9. The van der Waals surface area contributed by atoms with Crippen LogP contribution in [-0.4, -0.2) is 32.6 Å². The molecule has 1 heterocycles. The number of nitrogens with one attached hydrogen (secondary N) is 1. The van der Waals surface area contributed by atoms with Gasteiger partial charge in [-0.05, 0) is 42.3 Å². The summed E-state index contributed by atoms with van der Waals surface area (Å²) in [7, 11) is -1.54. The molecular weight excluding hydrogens is 578 g/mol. The number of hydrogen-bond acceptors (Lipinski definition) is 7. The van der Waals surface area contributed by atoms with Crippen LogP contribution in [0.5, 0.6) is 11.5 Å². The summed E-state index contributed by atoms with van der Waals surface area (Å²) < 4.78 is 55.2. The van der Waals surface area contributed by atoms with E-state index >= 15 is 4.39 Å². The van der Waals surface area contributed by atoms with Crippen molar-refractivity contribution in [3.8, 4) is 11.5 Å². The zero-order valence-electron chi connectivity index (χ0n) is 21.9. The molecule has 1 aromatic heterocycles. The Bertz CT molecular complexity index is 1590. The molecular formula is C28H27Cl2FN4O4S. The Balaban J connectivity index is 1.74. The zero-order valence-corrected chi connectivity index (χ0v) is 24.3. The molecule has 210 valence electrons. The van der Waals surface area contributed by atoms with E-state index in [9.17, 15) is 8.42 Å². The van der Waals surface area contributed by atoms with Crippen LogP contribution in [0, 0.1) is 5.82 Å². The lowest BCUT2D eigenvalue weighted by molar-refractivity contribution is 0.391. The van der Waals surface area contributed by atoms with E-state index in [1.807, 2.05) is 25.1 Å². The molecule has 0 saturated heterocycles. The Morgan fingerprint density at radius 2 is 1.80 bits per heavy atom. The van der Waals surface area contributed by atoms with Crippen molar-refractivity contribution in [2.45, 2.75) is 30.8 Å². The number of sulfonamides is 1. The second-order valence-corrected chi connectivity index (χ2v) is 11.3. The maximum absolute atomic E-state index is 15.6. The predicted molar refractivity (Wildman–Crippen MR) is 154 cm³/mol. The minimum atomic E-state index is -4.51. The summed E-state index contributed by atoms with van der Waals surface area (Å²) in [6, 6.07) is 15.5. The molecule has 0 unspecified atom stereocenters. The second kappa shape index (κ2) is 12.7. The number of aromatic nitrogens is 2. The van der Waals surface area contributed by atoms with E-state index in [1.54, 1.807) is 24.3 Å². The quantitative estimate of drug-likeness (QED) is 0.199. The fraction of sp³-hybridized carbons (Fsp3) is 0.214. The number of ether oxygens (including phenoxy) is 2. The van der Waals surface area contributed by atoms with Crippen LogP contribution >= 0.6 is 23.2 Å². The number of methoxy groups -OCH3 is 2. The highest BCUT2D eigenvalue weighted by Gasteiger charge is 2.31. The summed E-state index contributed by atoms with van der Waals surface area (Å²) in [5.74, 6) is -0.0333. The highest BCUT2D eigenvalue weighted by molar-refractivity contribution is 7.92. The van der Waals surface area contributed by atoms with E-state index in [0.717, 1.165) is 22.0 Å². The Morgan fingerprint density at radius 1 is 1.02 bits per heavy atom. The van der Waals surface area contributed by atoms with Gasteiger partial charge >= 0.3 is 0 Å². The SMILES string of the molecule is CC[C@H](Nc1cc(F)c(S(=O)(=O)N(Cc2ccc(OC)cc2OC)c2ccncn2)cc1Cl)c1ccccc1Cl. The standard InChI is InChI=1S/C28H27Cl2FN4O4S/c1-4-24(20-7-5-6-8-21(20)29)34-25-15-23(31)27(14-22(25)30)40(36,37)35(28-11-12-32-17-33-28)16-18-9-10-19(38-2)13-26(18)39-3/h5-15,17,24,34H,4,16H2,1-3H3/t24-/m0/s1.